The Labute approximate surface area is 119 Å². The first-order valence-electron chi connectivity index (χ1n) is 6.86. The standard InChI is InChI=1S/C15H23N3O2/c1-4-5-12(16)9-15(20)18-13-6-7-14(10(2)8-13)17-11(3)19/h6-8,12H,4-5,9,16H2,1-3H3,(H,17,19)(H,18,20). The van der Waals surface area contributed by atoms with Gasteiger partial charge in [0.05, 0.1) is 0 Å². The zero-order valence-corrected chi connectivity index (χ0v) is 12.3. The second-order valence-corrected chi connectivity index (χ2v) is 5.01. The number of nitrogens with one attached hydrogen (secondary N) is 2. The molecule has 0 saturated carbocycles. The Morgan fingerprint density at radius 3 is 2.55 bits per heavy atom. The van der Waals surface area contributed by atoms with Crippen molar-refractivity contribution < 1.29 is 9.59 Å². The monoisotopic (exact) mass is 277 g/mol. The van der Waals surface area contributed by atoms with Crippen molar-refractivity contribution in [3.05, 3.63) is 23.8 Å². The summed E-state index contributed by atoms with van der Waals surface area (Å²) in [6, 6.07) is 5.27. The number of carbonyl (C=O) groups excluding carboxylic acids is 2. The molecule has 0 saturated heterocycles. The maximum atomic E-state index is 11.8. The average molecular weight is 277 g/mol. The summed E-state index contributed by atoms with van der Waals surface area (Å²) >= 11 is 0. The van der Waals surface area contributed by atoms with E-state index in [1.54, 1.807) is 12.1 Å². The molecule has 2 amide bonds. The van der Waals surface area contributed by atoms with E-state index in [2.05, 4.69) is 10.6 Å². The highest BCUT2D eigenvalue weighted by molar-refractivity contribution is 5.93. The lowest BCUT2D eigenvalue weighted by molar-refractivity contribution is -0.116. The summed E-state index contributed by atoms with van der Waals surface area (Å²) in [6.07, 6.45) is 2.13. The Bertz CT molecular complexity index is 486. The summed E-state index contributed by atoms with van der Waals surface area (Å²) < 4.78 is 0. The van der Waals surface area contributed by atoms with Crippen LogP contribution in [0.5, 0.6) is 0 Å². The molecule has 1 aromatic rings. The summed E-state index contributed by atoms with van der Waals surface area (Å²) in [6.45, 7) is 5.38. The summed E-state index contributed by atoms with van der Waals surface area (Å²) in [5.41, 5.74) is 8.20. The first kappa shape index (κ1) is 16.2. The van der Waals surface area contributed by atoms with Gasteiger partial charge in [-0.05, 0) is 37.1 Å². The number of benzene rings is 1. The topological polar surface area (TPSA) is 84.2 Å². The zero-order chi connectivity index (χ0) is 15.1. The van der Waals surface area contributed by atoms with E-state index < -0.39 is 0 Å². The molecule has 0 aromatic heterocycles. The third kappa shape index (κ3) is 5.40. The van der Waals surface area contributed by atoms with Crippen molar-refractivity contribution in [3.8, 4) is 0 Å². The predicted octanol–water partition coefficient (Wildman–Crippen LogP) is 2.41. The molecule has 5 nitrogen and oxygen atoms in total. The van der Waals surface area contributed by atoms with Crippen molar-refractivity contribution in [2.24, 2.45) is 5.73 Å². The van der Waals surface area contributed by atoms with Crippen molar-refractivity contribution in [2.75, 3.05) is 10.6 Å². The van der Waals surface area contributed by atoms with Gasteiger partial charge in [-0.25, -0.2) is 0 Å². The minimum atomic E-state index is -0.115. The average Bonchev–Trinajstić information content (AvgIpc) is 2.32. The van der Waals surface area contributed by atoms with Crippen LogP contribution in [0.25, 0.3) is 0 Å². The smallest absolute Gasteiger partial charge is 0.225 e. The number of carbonyl (C=O) groups is 2. The first-order valence-corrected chi connectivity index (χ1v) is 6.86. The van der Waals surface area contributed by atoms with Gasteiger partial charge in [-0.15, -0.1) is 0 Å². The number of hydrogen-bond acceptors (Lipinski definition) is 3. The summed E-state index contributed by atoms with van der Waals surface area (Å²) in [4.78, 5) is 22.8. The van der Waals surface area contributed by atoms with Gasteiger partial charge in [0.2, 0.25) is 11.8 Å². The Kier molecular flexibility index (Phi) is 6.18. The second-order valence-electron chi connectivity index (χ2n) is 5.01. The van der Waals surface area contributed by atoms with E-state index in [1.807, 2.05) is 19.9 Å². The maximum absolute atomic E-state index is 11.8. The number of amides is 2. The lowest BCUT2D eigenvalue weighted by Crippen LogP contribution is -2.26. The fraction of sp³-hybridized carbons (Fsp3) is 0.467. The molecule has 20 heavy (non-hydrogen) atoms. The van der Waals surface area contributed by atoms with Crippen molar-refractivity contribution in [2.45, 2.75) is 46.1 Å². The van der Waals surface area contributed by atoms with Gasteiger partial charge < -0.3 is 16.4 Å². The number of nitrogens with two attached hydrogens (primary N) is 1. The van der Waals surface area contributed by atoms with E-state index in [9.17, 15) is 9.59 Å². The molecule has 0 aliphatic rings. The van der Waals surface area contributed by atoms with Crippen LogP contribution in [-0.2, 0) is 9.59 Å². The molecule has 0 aliphatic carbocycles. The van der Waals surface area contributed by atoms with Crippen LogP contribution >= 0.6 is 0 Å². The van der Waals surface area contributed by atoms with Gasteiger partial charge in [-0.2, -0.15) is 0 Å². The van der Waals surface area contributed by atoms with Crippen molar-refractivity contribution >= 4 is 23.2 Å². The molecule has 0 heterocycles. The van der Waals surface area contributed by atoms with Crippen LogP contribution in [0.4, 0.5) is 11.4 Å². The normalized spacial score (nSPS) is 11.8. The van der Waals surface area contributed by atoms with Crippen LogP contribution in [0.2, 0.25) is 0 Å². The predicted molar refractivity (Wildman–Crippen MR) is 81.6 cm³/mol. The molecule has 0 radical (unpaired) electrons. The highest BCUT2D eigenvalue weighted by Crippen LogP contribution is 2.20. The first-order chi connectivity index (χ1) is 9.42. The highest BCUT2D eigenvalue weighted by Gasteiger charge is 2.09. The molecule has 5 heteroatoms. The Morgan fingerprint density at radius 2 is 2.00 bits per heavy atom. The molecule has 1 rings (SSSR count). The Balaban J connectivity index is 2.62. The summed E-state index contributed by atoms with van der Waals surface area (Å²) in [5.74, 6) is -0.201. The molecule has 0 aliphatic heterocycles. The van der Waals surface area contributed by atoms with Crippen LogP contribution in [-0.4, -0.2) is 17.9 Å². The lowest BCUT2D eigenvalue weighted by atomic mass is 10.1. The minimum absolute atomic E-state index is 0.0855. The van der Waals surface area contributed by atoms with E-state index in [0.717, 1.165) is 24.1 Å². The second kappa shape index (κ2) is 7.65. The van der Waals surface area contributed by atoms with Gasteiger partial charge in [0.1, 0.15) is 0 Å². The van der Waals surface area contributed by atoms with Gasteiger partial charge in [0.15, 0.2) is 0 Å². The van der Waals surface area contributed by atoms with Crippen LogP contribution in [0.15, 0.2) is 18.2 Å². The fourth-order valence-electron chi connectivity index (χ4n) is 1.99. The third-order valence-electron chi connectivity index (χ3n) is 2.93. The molecule has 4 N–H and O–H groups in total. The number of anilines is 2. The minimum Gasteiger partial charge on any atom is -0.327 e. The van der Waals surface area contributed by atoms with Gasteiger partial charge in [0, 0.05) is 30.8 Å². The number of rotatable bonds is 6. The number of hydrogen-bond donors (Lipinski definition) is 3. The van der Waals surface area contributed by atoms with E-state index in [-0.39, 0.29) is 17.9 Å². The SMILES string of the molecule is CCCC(N)CC(=O)Nc1ccc(NC(C)=O)c(C)c1. The molecular weight excluding hydrogens is 254 g/mol. The van der Waals surface area contributed by atoms with E-state index >= 15 is 0 Å². The Hall–Kier alpha value is -1.88. The van der Waals surface area contributed by atoms with Crippen LogP contribution in [0.1, 0.15) is 38.7 Å². The van der Waals surface area contributed by atoms with Gasteiger partial charge in [0.25, 0.3) is 0 Å². The van der Waals surface area contributed by atoms with E-state index in [4.69, 9.17) is 5.73 Å². The van der Waals surface area contributed by atoms with Crippen LogP contribution < -0.4 is 16.4 Å². The van der Waals surface area contributed by atoms with Crippen LogP contribution in [0.3, 0.4) is 0 Å². The van der Waals surface area contributed by atoms with E-state index in [0.29, 0.717) is 12.1 Å². The number of aryl methyl sites for hydroxylation is 1. The molecule has 1 atom stereocenters. The van der Waals surface area contributed by atoms with E-state index in [1.165, 1.54) is 6.92 Å². The quantitative estimate of drug-likeness (QED) is 0.746. The van der Waals surface area contributed by atoms with Crippen LogP contribution in [0, 0.1) is 6.92 Å². The van der Waals surface area contributed by atoms with Crippen molar-refractivity contribution in [3.63, 3.8) is 0 Å². The lowest BCUT2D eigenvalue weighted by Gasteiger charge is -2.12. The van der Waals surface area contributed by atoms with Crippen molar-refractivity contribution in [1.82, 2.24) is 0 Å². The highest BCUT2D eigenvalue weighted by atomic mass is 16.2. The summed E-state index contributed by atoms with van der Waals surface area (Å²) in [7, 11) is 0. The molecule has 1 aromatic carbocycles. The fourth-order valence-corrected chi connectivity index (χ4v) is 1.99. The molecule has 1 unspecified atom stereocenters. The zero-order valence-electron chi connectivity index (χ0n) is 12.3. The van der Waals surface area contributed by atoms with Gasteiger partial charge in [-0.3, -0.25) is 9.59 Å². The molecular formula is C15H23N3O2. The van der Waals surface area contributed by atoms with Gasteiger partial charge >= 0.3 is 0 Å². The molecule has 0 fully saturated rings. The Morgan fingerprint density at radius 1 is 1.30 bits per heavy atom. The largest absolute Gasteiger partial charge is 0.327 e. The molecule has 110 valence electrons. The van der Waals surface area contributed by atoms with Gasteiger partial charge in [-0.1, -0.05) is 13.3 Å². The molecule has 0 spiro atoms. The molecule has 0 bridgehead atoms. The third-order valence-corrected chi connectivity index (χ3v) is 2.93. The maximum Gasteiger partial charge on any atom is 0.225 e. The van der Waals surface area contributed by atoms with Crippen molar-refractivity contribution in [1.29, 1.82) is 0 Å². The summed E-state index contributed by atoms with van der Waals surface area (Å²) in [5, 5.41) is 5.55.